The molecule has 0 heterocycles. The summed E-state index contributed by atoms with van der Waals surface area (Å²) in [7, 11) is 0. The minimum absolute atomic E-state index is 0.0182. The molecule has 0 aromatic heterocycles. The first-order valence-electron chi connectivity index (χ1n) is 8.43. The van der Waals surface area contributed by atoms with Crippen LogP contribution in [-0.4, -0.2) is 18.3 Å². The van der Waals surface area contributed by atoms with E-state index in [1.165, 1.54) is 12.1 Å². The topological polar surface area (TPSA) is 55.4 Å². The number of carbonyl (C=O) groups is 2. The molecular weight excluding hydrogens is 359 g/mol. The van der Waals surface area contributed by atoms with Crippen molar-refractivity contribution < 1.29 is 27.5 Å². The second-order valence-electron chi connectivity index (χ2n) is 6.00. The van der Waals surface area contributed by atoms with Gasteiger partial charge < -0.3 is 10.1 Å². The number of hydrogen-bond donors (Lipinski definition) is 1. The van der Waals surface area contributed by atoms with Crippen LogP contribution in [0.5, 0.6) is 5.75 Å². The standard InChI is InChI=1S/C20H20F3NO3/c1-3-18(25)15-6-10-17(11-7-15)27-12-19(26)24-13(2)14-4-8-16(9-5-14)20(21,22)23/h4-11,13H,3,12H2,1-2H3,(H,24,26). The molecule has 1 N–H and O–H groups in total. The molecule has 0 bridgehead atoms. The van der Waals surface area contributed by atoms with E-state index >= 15 is 0 Å². The fourth-order valence-corrected chi connectivity index (χ4v) is 2.42. The molecule has 0 spiro atoms. The van der Waals surface area contributed by atoms with E-state index in [0.29, 0.717) is 23.3 Å². The zero-order chi connectivity index (χ0) is 20.0. The van der Waals surface area contributed by atoms with Crippen molar-refractivity contribution in [1.29, 1.82) is 0 Å². The van der Waals surface area contributed by atoms with Crippen LogP contribution in [0.15, 0.2) is 48.5 Å². The molecule has 0 aliphatic heterocycles. The van der Waals surface area contributed by atoms with Crippen LogP contribution in [0.1, 0.15) is 47.8 Å². The van der Waals surface area contributed by atoms with Crippen LogP contribution in [0.2, 0.25) is 0 Å². The Morgan fingerprint density at radius 2 is 1.63 bits per heavy atom. The number of benzene rings is 2. The first-order valence-corrected chi connectivity index (χ1v) is 8.43. The van der Waals surface area contributed by atoms with Gasteiger partial charge in [-0.1, -0.05) is 19.1 Å². The molecule has 2 rings (SSSR count). The van der Waals surface area contributed by atoms with E-state index < -0.39 is 23.7 Å². The molecule has 7 heteroatoms. The second-order valence-corrected chi connectivity index (χ2v) is 6.00. The summed E-state index contributed by atoms with van der Waals surface area (Å²) >= 11 is 0. The number of hydrogen-bond acceptors (Lipinski definition) is 3. The molecule has 144 valence electrons. The van der Waals surface area contributed by atoms with E-state index in [9.17, 15) is 22.8 Å². The normalized spacial score (nSPS) is 12.3. The van der Waals surface area contributed by atoms with Gasteiger partial charge in [0.1, 0.15) is 5.75 Å². The SMILES string of the molecule is CCC(=O)c1ccc(OCC(=O)NC(C)c2ccc(C(F)(F)F)cc2)cc1. The first-order chi connectivity index (χ1) is 12.7. The number of nitrogens with one attached hydrogen (secondary N) is 1. The number of alkyl halides is 3. The third kappa shape index (κ3) is 5.84. The minimum Gasteiger partial charge on any atom is -0.484 e. The van der Waals surface area contributed by atoms with E-state index in [0.717, 1.165) is 12.1 Å². The van der Waals surface area contributed by atoms with Gasteiger partial charge in [-0.3, -0.25) is 9.59 Å². The van der Waals surface area contributed by atoms with E-state index in [-0.39, 0.29) is 12.4 Å². The van der Waals surface area contributed by atoms with E-state index in [2.05, 4.69) is 5.32 Å². The molecule has 1 unspecified atom stereocenters. The summed E-state index contributed by atoms with van der Waals surface area (Å²) < 4.78 is 43.1. The van der Waals surface area contributed by atoms with Crippen molar-refractivity contribution >= 4 is 11.7 Å². The lowest BCUT2D eigenvalue weighted by atomic mass is 10.1. The highest BCUT2D eigenvalue weighted by atomic mass is 19.4. The highest BCUT2D eigenvalue weighted by Gasteiger charge is 2.30. The van der Waals surface area contributed by atoms with Gasteiger partial charge >= 0.3 is 6.18 Å². The number of amides is 1. The number of carbonyl (C=O) groups excluding carboxylic acids is 2. The Bertz CT molecular complexity index is 784. The summed E-state index contributed by atoms with van der Waals surface area (Å²) in [6, 6.07) is 10.6. The zero-order valence-corrected chi connectivity index (χ0v) is 15.0. The molecule has 0 saturated heterocycles. The largest absolute Gasteiger partial charge is 0.484 e. The summed E-state index contributed by atoms with van der Waals surface area (Å²) in [4.78, 5) is 23.5. The lowest BCUT2D eigenvalue weighted by molar-refractivity contribution is -0.137. The maximum Gasteiger partial charge on any atom is 0.416 e. The average Bonchev–Trinajstić information content (AvgIpc) is 2.65. The van der Waals surface area contributed by atoms with E-state index in [1.807, 2.05) is 0 Å². The molecule has 2 aromatic rings. The number of Topliss-reactive ketones (excluding diaryl/α,β-unsaturated/α-hetero) is 1. The third-order valence-electron chi connectivity index (χ3n) is 3.98. The molecule has 0 saturated carbocycles. The number of ketones is 1. The van der Waals surface area contributed by atoms with Crippen molar-refractivity contribution in [3.63, 3.8) is 0 Å². The summed E-state index contributed by atoms with van der Waals surface area (Å²) in [5.41, 5.74) is 0.391. The van der Waals surface area contributed by atoms with Gasteiger partial charge in [0.25, 0.3) is 5.91 Å². The molecule has 0 radical (unpaired) electrons. The smallest absolute Gasteiger partial charge is 0.416 e. The van der Waals surface area contributed by atoms with Crippen LogP contribution in [0.25, 0.3) is 0 Å². The van der Waals surface area contributed by atoms with Crippen LogP contribution >= 0.6 is 0 Å². The van der Waals surface area contributed by atoms with Gasteiger partial charge in [0.05, 0.1) is 11.6 Å². The summed E-state index contributed by atoms with van der Waals surface area (Å²) in [6.45, 7) is 3.20. The van der Waals surface area contributed by atoms with Crippen LogP contribution in [0.4, 0.5) is 13.2 Å². The first kappa shape index (κ1) is 20.5. The van der Waals surface area contributed by atoms with Gasteiger partial charge in [-0.05, 0) is 48.9 Å². The van der Waals surface area contributed by atoms with E-state index in [4.69, 9.17) is 4.74 Å². The molecule has 1 amide bonds. The van der Waals surface area contributed by atoms with Crippen molar-refractivity contribution in [2.75, 3.05) is 6.61 Å². The fourth-order valence-electron chi connectivity index (χ4n) is 2.42. The highest BCUT2D eigenvalue weighted by Crippen LogP contribution is 2.29. The quantitative estimate of drug-likeness (QED) is 0.718. The van der Waals surface area contributed by atoms with Crippen LogP contribution < -0.4 is 10.1 Å². The van der Waals surface area contributed by atoms with Gasteiger partial charge in [0, 0.05) is 12.0 Å². The third-order valence-corrected chi connectivity index (χ3v) is 3.98. The van der Waals surface area contributed by atoms with Crippen molar-refractivity contribution in [2.45, 2.75) is 32.5 Å². The van der Waals surface area contributed by atoms with Crippen molar-refractivity contribution in [2.24, 2.45) is 0 Å². The number of ether oxygens (including phenoxy) is 1. The molecule has 0 fully saturated rings. The van der Waals surface area contributed by atoms with Crippen LogP contribution in [0.3, 0.4) is 0 Å². The van der Waals surface area contributed by atoms with Crippen molar-refractivity contribution in [1.82, 2.24) is 5.32 Å². The molecule has 0 aliphatic carbocycles. The lowest BCUT2D eigenvalue weighted by Gasteiger charge is -2.16. The average molecular weight is 379 g/mol. The predicted octanol–water partition coefficient (Wildman–Crippen LogP) is 4.55. The van der Waals surface area contributed by atoms with Gasteiger partial charge in [-0.15, -0.1) is 0 Å². The minimum atomic E-state index is -4.39. The Balaban J connectivity index is 1.87. The van der Waals surface area contributed by atoms with Gasteiger partial charge in [0.15, 0.2) is 12.4 Å². The summed E-state index contributed by atoms with van der Waals surface area (Å²) in [6.07, 6.45) is -3.99. The van der Waals surface area contributed by atoms with Gasteiger partial charge in [-0.2, -0.15) is 13.2 Å². The Morgan fingerprint density at radius 1 is 1.04 bits per heavy atom. The number of halogens is 3. The molecule has 2 aromatic carbocycles. The monoisotopic (exact) mass is 379 g/mol. The van der Waals surface area contributed by atoms with Gasteiger partial charge in [-0.25, -0.2) is 0 Å². The number of rotatable bonds is 7. The highest BCUT2D eigenvalue weighted by molar-refractivity contribution is 5.95. The Hall–Kier alpha value is -2.83. The lowest BCUT2D eigenvalue weighted by Crippen LogP contribution is -2.31. The molecule has 27 heavy (non-hydrogen) atoms. The zero-order valence-electron chi connectivity index (χ0n) is 15.0. The van der Waals surface area contributed by atoms with Crippen molar-refractivity contribution in [3.05, 3.63) is 65.2 Å². The fraction of sp³-hybridized carbons (Fsp3) is 0.300. The Labute approximate surface area is 155 Å². The maximum absolute atomic E-state index is 12.6. The van der Waals surface area contributed by atoms with Crippen molar-refractivity contribution in [3.8, 4) is 5.75 Å². The Morgan fingerprint density at radius 3 is 2.15 bits per heavy atom. The second kappa shape index (κ2) is 8.70. The Kier molecular flexibility index (Phi) is 6.60. The molecule has 1 atom stereocenters. The molecule has 4 nitrogen and oxygen atoms in total. The van der Waals surface area contributed by atoms with Gasteiger partial charge in [0.2, 0.25) is 0 Å². The van der Waals surface area contributed by atoms with E-state index in [1.54, 1.807) is 38.1 Å². The summed E-state index contributed by atoms with van der Waals surface area (Å²) in [5, 5.41) is 2.66. The van der Waals surface area contributed by atoms with Crippen LogP contribution in [-0.2, 0) is 11.0 Å². The molecular formula is C20H20F3NO3. The summed E-state index contributed by atoms with van der Waals surface area (Å²) in [5.74, 6) is 0.0563. The maximum atomic E-state index is 12.6. The van der Waals surface area contributed by atoms with Crippen LogP contribution in [0, 0.1) is 0 Å². The molecule has 0 aliphatic rings. The predicted molar refractivity (Wildman–Crippen MR) is 94.6 cm³/mol.